The van der Waals surface area contributed by atoms with E-state index in [0.29, 0.717) is 5.90 Å². The third-order valence-electron chi connectivity index (χ3n) is 2.71. The zero-order valence-corrected chi connectivity index (χ0v) is 8.96. The van der Waals surface area contributed by atoms with E-state index in [4.69, 9.17) is 10.5 Å². The van der Waals surface area contributed by atoms with Gasteiger partial charge in [0.1, 0.15) is 6.29 Å². The van der Waals surface area contributed by atoms with Crippen LogP contribution in [0.4, 0.5) is 0 Å². The highest BCUT2D eigenvalue weighted by atomic mass is 16.5. The Labute approximate surface area is 97.9 Å². The van der Waals surface area contributed by atoms with Gasteiger partial charge in [0.25, 0.3) is 5.91 Å². The highest BCUT2D eigenvalue weighted by molar-refractivity contribution is 5.98. The second-order valence-electron chi connectivity index (χ2n) is 3.94. The van der Waals surface area contributed by atoms with Crippen molar-refractivity contribution in [2.75, 3.05) is 0 Å². The second-order valence-corrected chi connectivity index (χ2v) is 3.94. The van der Waals surface area contributed by atoms with Crippen LogP contribution in [0.15, 0.2) is 35.3 Å². The van der Waals surface area contributed by atoms with Crippen molar-refractivity contribution in [2.45, 2.75) is 18.6 Å². The quantitative estimate of drug-likeness (QED) is 0.586. The van der Waals surface area contributed by atoms with Crippen LogP contribution in [0.3, 0.4) is 0 Å². The first-order chi connectivity index (χ1) is 8.24. The minimum Gasteiger partial charge on any atom is -0.460 e. The summed E-state index contributed by atoms with van der Waals surface area (Å²) in [4.78, 5) is 16.0. The van der Waals surface area contributed by atoms with Crippen LogP contribution in [0.2, 0.25) is 0 Å². The zero-order valence-electron chi connectivity index (χ0n) is 8.96. The molecule has 88 valence electrons. The summed E-state index contributed by atoms with van der Waals surface area (Å²) in [5, 5.41) is 5.49. The van der Waals surface area contributed by atoms with Crippen molar-refractivity contribution in [3.63, 3.8) is 0 Å². The number of carbonyl (C=O) groups is 1. The lowest BCUT2D eigenvalue weighted by Crippen LogP contribution is -2.65. The van der Waals surface area contributed by atoms with Gasteiger partial charge in [-0.3, -0.25) is 15.8 Å². The molecule has 0 spiro atoms. The number of amides is 1. The van der Waals surface area contributed by atoms with Gasteiger partial charge in [0.05, 0.1) is 0 Å². The molecule has 1 aromatic carbocycles. The molecule has 1 saturated heterocycles. The fourth-order valence-electron chi connectivity index (χ4n) is 1.92. The summed E-state index contributed by atoms with van der Waals surface area (Å²) < 4.78 is 5.53. The van der Waals surface area contributed by atoms with E-state index in [1.165, 1.54) is 0 Å². The molecule has 1 aromatic rings. The Morgan fingerprint density at radius 2 is 2.06 bits per heavy atom. The van der Waals surface area contributed by atoms with Gasteiger partial charge in [-0.1, -0.05) is 18.2 Å². The number of benzene rings is 1. The maximum absolute atomic E-state index is 11.6. The van der Waals surface area contributed by atoms with E-state index in [0.717, 1.165) is 5.56 Å². The van der Waals surface area contributed by atoms with Crippen LogP contribution in [0.25, 0.3) is 0 Å². The Balaban J connectivity index is 1.87. The summed E-state index contributed by atoms with van der Waals surface area (Å²) in [6.07, 6.45) is -1.62. The van der Waals surface area contributed by atoms with Crippen molar-refractivity contribution < 1.29 is 9.53 Å². The van der Waals surface area contributed by atoms with Crippen LogP contribution in [0.5, 0.6) is 0 Å². The number of hydrogen-bond acceptors (Lipinski definition) is 5. The Kier molecular flexibility index (Phi) is 2.31. The van der Waals surface area contributed by atoms with Crippen molar-refractivity contribution in [1.29, 1.82) is 0 Å². The van der Waals surface area contributed by atoms with Crippen molar-refractivity contribution in [3.05, 3.63) is 35.9 Å². The molecule has 1 fully saturated rings. The molecule has 3 unspecified atom stereocenters. The first kappa shape index (κ1) is 10.2. The highest BCUT2D eigenvalue weighted by Gasteiger charge is 2.41. The van der Waals surface area contributed by atoms with Crippen molar-refractivity contribution in [2.24, 2.45) is 10.7 Å². The summed E-state index contributed by atoms with van der Waals surface area (Å²) in [7, 11) is 0. The molecule has 3 rings (SSSR count). The molecule has 2 aliphatic rings. The fraction of sp³-hybridized carbons (Fsp3) is 0.273. The monoisotopic (exact) mass is 232 g/mol. The lowest BCUT2D eigenvalue weighted by molar-refractivity contribution is -0.132. The van der Waals surface area contributed by atoms with E-state index in [-0.39, 0.29) is 5.91 Å². The normalized spacial score (nSPS) is 31.2. The molecule has 6 nitrogen and oxygen atoms in total. The molecule has 4 N–H and O–H groups in total. The topological polar surface area (TPSA) is 88.7 Å². The van der Waals surface area contributed by atoms with Crippen LogP contribution in [-0.2, 0) is 9.53 Å². The molecule has 0 radical (unpaired) electrons. The molecule has 1 amide bonds. The van der Waals surface area contributed by atoms with Gasteiger partial charge < -0.3 is 10.1 Å². The summed E-state index contributed by atoms with van der Waals surface area (Å²) in [6, 6.07) is 9.46. The van der Waals surface area contributed by atoms with E-state index in [2.05, 4.69) is 15.6 Å². The minimum atomic E-state index is -0.634. The predicted octanol–water partition coefficient (Wildman–Crippen LogP) is -0.880. The van der Waals surface area contributed by atoms with Gasteiger partial charge in [-0.05, 0) is 12.1 Å². The first-order valence-corrected chi connectivity index (χ1v) is 5.36. The van der Waals surface area contributed by atoms with E-state index in [9.17, 15) is 4.79 Å². The van der Waals surface area contributed by atoms with Crippen molar-refractivity contribution in [1.82, 2.24) is 10.6 Å². The highest BCUT2D eigenvalue weighted by Crippen LogP contribution is 2.18. The molecule has 17 heavy (non-hydrogen) atoms. The average molecular weight is 232 g/mol. The number of aliphatic imine (C=N–C) groups is 1. The molecule has 3 atom stereocenters. The van der Waals surface area contributed by atoms with Gasteiger partial charge in [-0.25, -0.2) is 4.99 Å². The molecule has 0 bridgehead atoms. The van der Waals surface area contributed by atoms with Crippen LogP contribution >= 0.6 is 0 Å². The van der Waals surface area contributed by atoms with Crippen molar-refractivity contribution >= 4 is 11.8 Å². The second kappa shape index (κ2) is 3.83. The molecule has 0 aromatic heterocycles. The van der Waals surface area contributed by atoms with Gasteiger partial charge in [0.2, 0.25) is 12.0 Å². The average Bonchev–Trinajstić information content (AvgIpc) is 2.74. The van der Waals surface area contributed by atoms with Gasteiger partial charge in [-0.2, -0.15) is 0 Å². The number of fused-ring (bicyclic) bond motifs is 1. The molecule has 2 aliphatic heterocycles. The standard InChI is InChI=1S/C11H12N4O2/c12-11-14-8-7(9(16)15-11)17-10(13-8)6-4-2-1-3-5-6/h1-5,7-8,11,14H,12H2,(H,15,16). The Hall–Kier alpha value is -1.92. The number of carbonyl (C=O) groups excluding carboxylic acids is 1. The third kappa shape index (κ3) is 1.77. The summed E-state index contributed by atoms with van der Waals surface area (Å²) >= 11 is 0. The summed E-state index contributed by atoms with van der Waals surface area (Å²) in [5.41, 5.74) is 6.45. The largest absolute Gasteiger partial charge is 0.460 e. The fourth-order valence-corrected chi connectivity index (χ4v) is 1.92. The maximum atomic E-state index is 11.6. The molecule has 0 saturated carbocycles. The lowest BCUT2D eigenvalue weighted by Gasteiger charge is -2.28. The zero-order chi connectivity index (χ0) is 11.8. The van der Waals surface area contributed by atoms with E-state index in [1.54, 1.807) is 0 Å². The maximum Gasteiger partial charge on any atom is 0.267 e. The molecule has 6 heteroatoms. The number of nitrogens with two attached hydrogens (primary N) is 1. The van der Waals surface area contributed by atoms with Crippen LogP contribution < -0.4 is 16.4 Å². The van der Waals surface area contributed by atoms with Crippen LogP contribution in [0.1, 0.15) is 5.56 Å². The summed E-state index contributed by atoms with van der Waals surface area (Å²) in [5.74, 6) is 0.230. The SMILES string of the molecule is NC1NC(=O)C2OC(c3ccccc3)=NC2N1. The Bertz CT molecular complexity index is 474. The molecular formula is C11H12N4O2. The smallest absolute Gasteiger partial charge is 0.267 e. The Morgan fingerprint density at radius 1 is 1.29 bits per heavy atom. The Morgan fingerprint density at radius 3 is 2.82 bits per heavy atom. The van der Waals surface area contributed by atoms with E-state index >= 15 is 0 Å². The van der Waals surface area contributed by atoms with Gasteiger partial charge in [0.15, 0.2) is 6.17 Å². The van der Waals surface area contributed by atoms with Crippen LogP contribution in [0, 0.1) is 0 Å². The number of rotatable bonds is 1. The van der Waals surface area contributed by atoms with Crippen LogP contribution in [-0.4, -0.2) is 30.4 Å². The molecule has 2 heterocycles. The first-order valence-electron chi connectivity index (χ1n) is 5.36. The molecule has 0 aliphatic carbocycles. The lowest BCUT2D eigenvalue weighted by atomic mass is 10.2. The number of nitrogens with one attached hydrogen (secondary N) is 2. The van der Waals surface area contributed by atoms with Gasteiger partial charge in [-0.15, -0.1) is 0 Å². The number of ether oxygens (including phenoxy) is 1. The molecular weight excluding hydrogens is 220 g/mol. The number of hydrogen-bond donors (Lipinski definition) is 3. The van der Waals surface area contributed by atoms with E-state index in [1.807, 2.05) is 30.3 Å². The van der Waals surface area contributed by atoms with Gasteiger partial charge >= 0.3 is 0 Å². The summed E-state index contributed by atoms with van der Waals surface area (Å²) in [6.45, 7) is 0. The van der Waals surface area contributed by atoms with Crippen molar-refractivity contribution in [3.8, 4) is 0 Å². The van der Waals surface area contributed by atoms with E-state index < -0.39 is 18.6 Å². The number of nitrogens with zero attached hydrogens (tertiary/aromatic N) is 1. The minimum absolute atomic E-state index is 0.240. The predicted molar refractivity (Wildman–Crippen MR) is 60.9 cm³/mol. The van der Waals surface area contributed by atoms with Gasteiger partial charge in [0, 0.05) is 5.56 Å². The third-order valence-corrected chi connectivity index (χ3v) is 2.71.